The minimum atomic E-state index is -0.377. The van der Waals surface area contributed by atoms with Crippen LogP contribution in [0, 0.1) is 0 Å². The number of rotatable bonds is 8. The second-order valence-corrected chi connectivity index (χ2v) is 6.31. The van der Waals surface area contributed by atoms with Gasteiger partial charge in [-0.3, -0.25) is 15.6 Å². The summed E-state index contributed by atoms with van der Waals surface area (Å²) < 4.78 is 16.0. The van der Waals surface area contributed by atoms with Crippen molar-refractivity contribution in [1.29, 1.82) is 0 Å². The van der Waals surface area contributed by atoms with Gasteiger partial charge in [0.15, 0.2) is 23.2 Å². The average Bonchev–Trinajstić information content (AvgIpc) is 2.75. The minimum absolute atomic E-state index is 0.187. The lowest BCUT2D eigenvalue weighted by Gasteiger charge is -2.13. The highest BCUT2D eigenvalue weighted by atomic mass is 32.1. The van der Waals surface area contributed by atoms with E-state index in [9.17, 15) is 4.79 Å². The Hall–Kier alpha value is -3.26. The van der Waals surface area contributed by atoms with Crippen molar-refractivity contribution in [3.63, 3.8) is 0 Å². The molecule has 0 fully saturated rings. The molecule has 0 spiro atoms. The van der Waals surface area contributed by atoms with Gasteiger partial charge in [0.25, 0.3) is 5.91 Å². The van der Waals surface area contributed by atoms with E-state index in [1.807, 2.05) is 55.5 Å². The Kier molecular flexibility index (Phi) is 8.78. The predicted molar refractivity (Wildman–Crippen MR) is 117 cm³/mol. The number of allylic oxidation sites excluding steroid dienone is 1. The first kappa shape index (κ1) is 22.0. The molecule has 0 aliphatic heterocycles. The molecule has 0 aliphatic carbocycles. The van der Waals surface area contributed by atoms with Crippen molar-refractivity contribution >= 4 is 29.3 Å². The van der Waals surface area contributed by atoms with Crippen LogP contribution in [0.15, 0.2) is 48.5 Å². The summed E-state index contributed by atoms with van der Waals surface area (Å²) in [7, 11) is 3.17. The standard InChI is InChI=1S/C21H25N3O4S/c1-4-5-15-8-11-18(19(12-15)27-3)28-14-20(25)23-24-21(29)22-13-16-6-9-17(26-2)10-7-16/h4-12H,13-14H2,1-3H3,(H,23,25)(H2,22,24,29)/b5-4+. The van der Waals surface area contributed by atoms with E-state index in [4.69, 9.17) is 26.4 Å². The van der Waals surface area contributed by atoms with Crippen LogP contribution >= 0.6 is 12.2 Å². The maximum atomic E-state index is 12.0. The molecule has 1 amide bonds. The summed E-state index contributed by atoms with van der Waals surface area (Å²) in [5.41, 5.74) is 7.14. The molecule has 154 valence electrons. The molecule has 29 heavy (non-hydrogen) atoms. The van der Waals surface area contributed by atoms with Crippen LogP contribution in [-0.2, 0) is 11.3 Å². The third kappa shape index (κ3) is 7.34. The van der Waals surface area contributed by atoms with Crippen molar-refractivity contribution in [1.82, 2.24) is 16.2 Å². The Balaban J connectivity index is 1.74. The number of amides is 1. The molecule has 0 bridgehead atoms. The summed E-state index contributed by atoms with van der Waals surface area (Å²) >= 11 is 5.15. The molecular formula is C21H25N3O4S. The van der Waals surface area contributed by atoms with Gasteiger partial charge >= 0.3 is 0 Å². The maximum Gasteiger partial charge on any atom is 0.276 e. The summed E-state index contributed by atoms with van der Waals surface area (Å²) in [4.78, 5) is 12.0. The molecule has 2 aromatic rings. The Morgan fingerprint density at radius 3 is 2.45 bits per heavy atom. The summed E-state index contributed by atoms with van der Waals surface area (Å²) in [6, 6.07) is 13.1. The van der Waals surface area contributed by atoms with Crippen LogP contribution in [-0.4, -0.2) is 31.8 Å². The highest BCUT2D eigenvalue weighted by Crippen LogP contribution is 2.28. The number of nitrogens with one attached hydrogen (secondary N) is 3. The van der Waals surface area contributed by atoms with Gasteiger partial charge < -0.3 is 19.5 Å². The molecule has 2 rings (SSSR count). The Morgan fingerprint density at radius 2 is 1.79 bits per heavy atom. The monoisotopic (exact) mass is 415 g/mol. The topological polar surface area (TPSA) is 80.9 Å². The molecule has 0 saturated carbocycles. The van der Waals surface area contributed by atoms with E-state index >= 15 is 0 Å². The zero-order valence-electron chi connectivity index (χ0n) is 16.7. The van der Waals surface area contributed by atoms with E-state index in [2.05, 4.69) is 16.2 Å². The van der Waals surface area contributed by atoms with Crippen molar-refractivity contribution in [2.45, 2.75) is 13.5 Å². The first-order valence-electron chi connectivity index (χ1n) is 8.95. The fraction of sp³-hybridized carbons (Fsp3) is 0.238. The van der Waals surface area contributed by atoms with Crippen molar-refractivity contribution in [3.8, 4) is 17.2 Å². The van der Waals surface area contributed by atoms with Gasteiger partial charge in [-0.15, -0.1) is 0 Å². The fourth-order valence-corrected chi connectivity index (χ4v) is 2.50. The summed E-state index contributed by atoms with van der Waals surface area (Å²) in [6.07, 6.45) is 3.88. The maximum absolute atomic E-state index is 12.0. The smallest absolute Gasteiger partial charge is 0.276 e. The largest absolute Gasteiger partial charge is 0.497 e. The number of methoxy groups -OCH3 is 2. The quantitative estimate of drug-likeness (QED) is 0.452. The van der Waals surface area contributed by atoms with Gasteiger partial charge in [0.2, 0.25) is 0 Å². The number of thiocarbonyl (C=S) groups is 1. The van der Waals surface area contributed by atoms with E-state index in [1.54, 1.807) is 20.3 Å². The van der Waals surface area contributed by atoms with Crippen LogP contribution in [0.3, 0.4) is 0 Å². The van der Waals surface area contributed by atoms with Gasteiger partial charge in [0.1, 0.15) is 5.75 Å². The fourth-order valence-electron chi connectivity index (χ4n) is 2.38. The third-order valence-electron chi connectivity index (χ3n) is 3.83. The van der Waals surface area contributed by atoms with Crippen LogP contribution in [0.25, 0.3) is 6.08 Å². The second kappa shape index (κ2) is 11.6. The molecule has 0 unspecified atom stereocenters. The van der Waals surface area contributed by atoms with Crippen molar-refractivity contribution < 1.29 is 19.0 Å². The molecule has 7 nitrogen and oxygen atoms in total. The van der Waals surface area contributed by atoms with Crippen molar-refractivity contribution in [3.05, 3.63) is 59.7 Å². The Labute approximate surface area is 176 Å². The predicted octanol–water partition coefficient (Wildman–Crippen LogP) is 2.81. The molecule has 0 radical (unpaired) electrons. The molecule has 0 atom stereocenters. The number of carbonyl (C=O) groups is 1. The van der Waals surface area contributed by atoms with Crippen LogP contribution in [0.5, 0.6) is 17.2 Å². The van der Waals surface area contributed by atoms with Gasteiger partial charge in [-0.2, -0.15) is 0 Å². The van der Waals surface area contributed by atoms with Crippen molar-refractivity contribution in [2.75, 3.05) is 20.8 Å². The van der Waals surface area contributed by atoms with Gasteiger partial charge in [-0.25, -0.2) is 0 Å². The van der Waals surface area contributed by atoms with E-state index < -0.39 is 0 Å². The van der Waals surface area contributed by atoms with Crippen LogP contribution in [0.2, 0.25) is 0 Å². The van der Waals surface area contributed by atoms with Gasteiger partial charge in [0, 0.05) is 6.54 Å². The minimum Gasteiger partial charge on any atom is -0.497 e. The first-order chi connectivity index (χ1) is 14.0. The van der Waals surface area contributed by atoms with Crippen molar-refractivity contribution in [2.24, 2.45) is 0 Å². The molecule has 0 heterocycles. The third-order valence-corrected chi connectivity index (χ3v) is 4.08. The van der Waals surface area contributed by atoms with Crippen LogP contribution in [0.4, 0.5) is 0 Å². The van der Waals surface area contributed by atoms with E-state index in [0.717, 1.165) is 16.9 Å². The number of hydrazine groups is 1. The van der Waals surface area contributed by atoms with Gasteiger partial charge in [-0.1, -0.05) is 30.4 Å². The lowest BCUT2D eigenvalue weighted by atomic mass is 10.2. The average molecular weight is 416 g/mol. The number of ether oxygens (including phenoxy) is 3. The summed E-state index contributed by atoms with van der Waals surface area (Å²) in [5, 5.41) is 3.29. The molecule has 0 aliphatic rings. The van der Waals surface area contributed by atoms with Gasteiger partial charge in [-0.05, 0) is 54.5 Å². The SMILES string of the molecule is C/C=C/c1ccc(OCC(=O)NNC(=S)NCc2ccc(OC)cc2)c(OC)c1. The highest BCUT2D eigenvalue weighted by Gasteiger charge is 2.08. The highest BCUT2D eigenvalue weighted by molar-refractivity contribution is 7.80. The molecule has 0 aromatic heterocycles. The van der Waals surface area contributed by atoms with Crippen LogP contribution < -0.4 is 30.4 Å². The molecule has 2 aromatic carbocycles. The van der Waals surface area contributed by atoms with E-state index in [0.29, 0.717) is 23.2 Å². The molecule has 3 N–H and O–H groups in total. The zero-order chi connectivity index (χ0) is 21.1. The number of hydrogen-bond acceptors (Lipinski definition) is 5. The first-order valence-corrected chi connectivity index (χ1v) is 9.35. The Morgan fingerprint density at radius 1 is 1.03 bits per heavy atom. The number of hydrogen-bond donors (Lipinski definition) is 3. The normalized spacial score (nSPS) is 10.3. The molecular weight excluding hydrogens is 390 g/mol. The summed E-state index contributed by atoms with van der Waals surface area (Å²) in [6.45, 7) is 2.26. The van der Waals surface area contributed by atoms with E-state index in [-0.39, 0.29) is 12.5 Å². The van der Waals surface area contributed by atoms with E-state index in [1.165, 1.54) is 0 Å². The summed E-state index contributed by atoms with van der Waals surface area (Å²) in [5.74, 6) is 1.45. The van der Waals surface area contributed by atoms with Gasteiger partial charge in [0.05, 0.1) is 14.2 Å². The lowest BCUT2D eigenvalue weighted by molar-refractivity contribution is -0.123. The molecule has 0 saturated heterocycles. The zero-order valence-corrected chi connectivity index (χ0v) is 17.5. The number of carbonyl (C=O) groups excluding carboxylic acids is 1. The second-order valence-electron chi connectivity index (χ2n) is 5.90. The lowest BCUT2D eigenvalue weighted by Crippen LogP contribution is -2.48. The number of benzene rings is 2. The van der Waals surface area contributed by atoms with Crippen LogP contribution in [0.1, 0.15) is 18.1 Å². The molecule has 8 heteroatoms. The Bertz CT molecular complexity index is 854.